The van der Waals surface area contributed by atoms with E-state index in [0.29, 0.717) is 13.1 Å². The highest BCUT2D eigenvalue weighted by Gasteiger charge is 2.26. The van der Waals surface area contributed by atoms with Crippen molar-refractivity contribution in [2.45, 2.75) is 17.9 Å². The monoisotopic (exact) mass is 297 g/mol. The van der Waals surface area contributed by atoms with E-state index in [2.05, 4.69) is 15.4 Å². The van der Waals surface area contributed by atoms with E-state index in [9.17, 15) is 13.2 Å². The van der Waals surface area contributed by atoms with Gasteiger partial charge < -0.3 is 10.6 Å². The van der Waals surface area contributed by atoms with Gasteiger partial charge in [0.15, 0.2) is 0 Å². The van der Waals surface area contributed by atoms with Crippen LogP contribution in [0.4, 0.5) is 0 Å². The Hall–Kier alpha value is -1.44. The van der Waals surface area contributed by atoms with Crippen molar-refractivity contribution in [2.24, 2.45) is 5.92 Å². The van der Waals surface area contributed by atoms with E-state index in [4.69, 9.17) is 0 Å². The van der Waals surface area contributed by atoms with Crippen molar-refractivity contribution in [1.29, 1.82) is 0 Å². The number of carbonyl (C=O) groups excluding carboxylic acids is 1. The lowest BCUT2D eigenvalue weighted by Crippen LogP contribution is -2.51. The van der Waals surface area contributed by atoms with Gasteiger partial charge in [0.1, 0.15) is 0 Å². The van der Waals surface area contributed by atoms with Crippen molar-refractivity contribution in [1.82, 2.24) is 15.4 Å². The maximum atomic E-state index is 11.9. The zero-order valence-corrected chi connectivity index (χ0v) is 12.3. The largest absolute Gasteiger partial charge is 0.349 e. The van der Waals surface area contributed by atoms with Crippen molar-refractivity contribution >= 4 is 15.9 Å². The Morgan fingerprint density at radius 1 is 1.40 bits per heavy atom. The SMILES string of the molecule is CNS(=O)(=O)c1cccc(C(C)NC(=O)C2CNC2)c1. The molecule has 1 aromatic rings. The molecule has 1 fully saturated rings. The molecule has 1 amide bonds. The average Bonchev–Trinajstić information content (AvgIpc) is 2.36. The topological polar surface area (TPSA) is 87.3 Å². The molecule has 1 heterocycles. The number of hydrogen-bond acceptors (Lipinski definition) is 4. The molecule has 6 nitrogen and oxygen atoms in total. The molecule has 110 valence electrons. The summed E-state index contributed by atoms with van der Waals surface area (Å²) in [4.78, 5) is 12.1. The van der Waals surface area contributed by atoms with Crippen LogP contribution in [0.1, 0.15) is 18.5 Å². The summed E-state index contributed by atoms with van der Waals surface area (Å²) in [5, 5.41) is 5.94. The molecule has 0 aromatic heterocycles. The van der Waals surface area contributed by atoms with Crippen molar-refractivity contribution in [2.75, 3.05) is 20.1 Å². The fourth-order valence-corrected chi connectivity index (χ4v) is 2.74. The van der Waals surface area contributed by atoms with Crippen LogP contribution in [0.2, 0.25) is 0 Å². The van der Waals surface area contributed by atoms with Gasteiger partial charge >= 0.3 is 0 Å². The van der Waals surface area contributed by atoms with Crippen LogP contribution in [0.15, 0.2) is 29.2 Å². The van der Waals surface area contributed by atoms with Crippen molar-refractivity contribution in [3.63, 3.8) is 0 Å². The van der Waals surface area contributed by atoms with E-state index in [1.165, 1.54) is 13.1 Å². The molecule has 0 spiro atoms. The molecule has 1 aliphatic heterocycles. The fourth-order valence-electron chi connectivity index (χ4n) is 1.96. The maximum absolute atomic E-state index is 11.9. The van der Waals surface area contributed by atoms with Crippen LogP contribution < -0.4 is 15.4 Å². The summed E-state index contributed by atoms with van der Waals surface area (Å²) < 4.78 is 25.8. The molecule has 2 rings (SSSR count). The highest BCUT2D eigenvalue weighted by Crippen LogP contribution is 2.18. The second-order valence-corrected chi connectivity index (χ2v) is 6.75. The van der Waals surface area contributed by atoms with Crippen molar-refractivity contribution < 1.29 is 13.2 Å². The minimum absolute atomic E-state index is 0.00173. The van der Waals surface area contributed by atoms with Gasteiger partial charge in [0.05, 0.1) is 16.9 Å². The summed E-state index contributed by atoms with van der Waals surface area (Å²) in [6.07, 6.45) is 0. The minimum Gasteiger partial charge on any atom is -0.349 e. The van der Waals surface area contributed by atoms with Gasteiger partial charge in [-0.15, -0.1) is 0 Å². The standard InChI is InChI=1S/C13H19N3O3S/c1-9(16-13(17)11-7-15-8-11)10-4-3-5-12(6-10)20(18,19)14-2/h3-6,9,11,14-15H,7-8H2,1-2H3,(H,16,17). The molecular weight excluding hydrogens is 278 g/mol. The minimum atomic E-state index is -3.47. The van der Waals surface area contributed by atoms with Gasteiger partial charge in [-0.3, -0.25) is 4.79 Å². The Bertz CT molecular complexity index is 597. The molecule has 7 heteroatoms. The highest BCUT2D eigenvalue weighted by atomic mass is 32.2. The lowest BCUT2D eigenvalue weighted by Gasteiger charge is -2.27. The average molecular weight is 297 g/mol. The number of rotatable bonds is 5. The molecular formula is C13H19N3O3S. The molecule has 3 N–H and O–H groups in total. The van der Waals surface area contributed by atoms with E-state index in [1.54, 1.807) is 18.2 Å². The molecule has 1 aliphatic rings. The quantitative estimate of drug-likeness (QED) is 0.713. The third-order valence-electron chi connectivity index (χ3n) is 3.45. The third-order valence-corrected chi connectivity index (χ3v) is 4.86. The van der Waals surface area contributed by atoms with Crippen LogP contribution in [-0.2, 0) is 14.8 Å². The summed E-state index contributed by atoms with van der Waals surface area (Å²) in [6.45, 7) is 3.24. The van der Waals surface area contributed by atoms with E-state index in [1.807, 2.05) is 6.92 Å². The van der Waals surface area contributed by atoms with E-state index in [-0.39, 0.29) is 22.8 Å². The second-order valence-electron chi connectivity index (χ2n) is 4.87. The van der Waals surface area contributed by atoms with Gasteiger partial charge in [-0.2, -0.15) is 0 Å². The lowest BCUT2D eigenvalue weighted by molar-refractivity contribution is -0.127. The van der Waals surface area contributed by atoms with Gasteiger partial charge in [0.25, 0.3) is 0 Å². The van der Waals surface area contributed by atoms with Gasteiger partial charge in [0.2, 0.25) is 15.9 Å². The third kappa shape index (κ3) is 3.17. The van der Waals surface area contributed by atoms with Crippen LogP contribution in [0.5, 0.6) is 0 Å². The van der Waals surface area contributed by atoms with Gasteiger partial charge in [-0.25, -0.2) is 13.1 Å². The van der Waals surface area contributed by atoms with Gasteiger partial charge in [-0.1, -0.05) is 12.1 Å². The molecule has 1 aromatic carbocycles. The number of hydrogen-bond donors (Lipinski definition) is 3. The van der Waals surface area contributed by atoms with Crippen LogP contribution in [0.25, 0.3) is 0 Å². The number of amides is 1. The first-order valence-electron chi connectivity index (χ1n) is 6.48. The second kappa shape index (κ2) is 5.90. The number of sulfonamides is 1. The maximum Gasteiger partial charge on any atom is 0.240 e. The Balaban J connectivity index is 2.12. The molecule has 1 unspecified atom stereocenters. The van der Waals surface area contributed by atoms with Crippen LogP contribution >= 0.6 is 0 Å². The first kappa shape index (κ1) is 15.0. The number of carbonyl (C=O) groups is 1. The molecule has 20 heavy (non-hydrogen) atoms. The van der Waals surface area contributed by atoms with E-state index in [0.717, 1.165) is 5.56 Å². The van der Waals surface area contributed by atoms with E-state index < -0.39 is 10.0 Å². The summed E-state index contributed by atoms with van der Waals surface area (Å²) in [5.41, 5.74) is 0.766. The van der Waals surface area contributed by atoms with Gasteiger partial charge in [-0.05, 0) is 31.7 Å². The zero-order chi connectivity index (χ0) is 14.8. The summed E-state index contributed by atoms with van der Waals surface area (Å²) in [6, 6.07) is 6.36. The first-order chi connectivity index (χ1) is 9.44. The predicted octanol–water partition coefficient (Wildman–Crippen LogP) is -0.00870. The zero-order valence-electron chi connectivity index (χ0n) is 11.5. The first-order valence-corrected chi connectivity index (χ1v) is 7.97. The van der Waals surface area contributed by atoms with Crippen LogP contribution in [0.3, 0.4) is 0 Å². The normalized spacial score (nSPS) is 17.3. The molecule has 1 saturated heterocycles. The summed E-state index contributed by atoms with van der Waals surface area (Å²) in [7, 11) is -2.09. The number of benzene rings is 1. The fraction of sp³-hybridized carbons (Fsp3) is 0.462. The van der Waals surface area contributed by atoms with Gasteiger partial charge in [0, 0.05) is 13.1 Å². The molecule has 0 radical (unpaired) electrons. The lowest BCUT2D eigenvalue weighted by atomic mass is 10.0. The highest BCUT2D eigenvalue weighted by molar-refractivity contribution is 7.89. The Morgan fingerprint density at radius 2 is 2.10 bits per heavy atom. The predicted molar refractivity (Wildman–Crippen MR) is 75.6 cm³/mol. The molecule has 0 aliphatic carbocycles. The Labute approximate surface area is 119 Å². The molecule has 0 bridgehead atoms. The Morgan fingerprint density at radius 3 is 2.65 bits per heavy atom. The molecule has 0 saturated carbocycles. The summed E-state index contributed by atoms with van der Waals surface area (Å²) >= 11 is 0. The number of nitrogens with one attached hydrogen (secondary N) is 3. The van der Waals surface area contributed by atoms with Crippen molar-refractivity contribution in [3.8, 4) is 0 Å². The van der Waals surface area contributed by atoms with Crippen LogP contribution in [0, 0.1) is 5.92 Å². The Kier molecular flexibility index (Phi) is 4.42. The summed E-state index contributed by atoms with van der Waals surface area (Å²) in [5.74, 6) is 0.0137. The smallest absolute Gasteiger partial charge is 0.240 e. The van der Waals surface area contributed by atoms with Crippen LogP contribution in [-0.4, -0.2) is 34.5 Å². The van der Waals surface area contributed by atoms with Crippen molar-refractivity contribution in [3.05, 3.63) is 29.8 Å². The molecule has 1 atom stereocenters. The van der Waals surface area contributed by atoms with E-state index >= 15 is 0 Å².